The van der Waals surface area contributed by atoms with Crippen molar-refractivity contribution in [1.29, 1.82) is 0 Å². The maximum atomic E-state index is 6.36. The fourth-order valence-electron chi connectivity index (χ4n) is 4.50. The molecule has 2 atom stereocenters. The molecule has 1 aliphatic heterocycles. The van der Waals surface area contributed by atoms with Gasteiger partial charge in [0.15, 0.2) is 0 Å². The van der Waals surface area contributed by atoms with Crippen LogP contribution in [0.25, 0.3) is 0 Å². The molecule has 0 amide bonds. The second kappa shape index (κ2) is 6.18. The van der Waals surface area contributed by atoms with E-state index < -0.39 is 0 Å². The number of rotatable bonds is 2. The zero-order valence-electron chi connectivity index (χ0n) is 14.4. The Labute approximate surface area is 149 Å². The lowest BCUT2D eigenvalue weighted by atomic mass is 9.92. The zero-order chi connectivity index (χ0) is 16.7. The van der Waals surface area contributed by atoms with E-state index >= 15 is 0 Å². The van der Waals surface area contributed by atoms with Crippen LogP contribution < -0.4 is 5.32 Å². The third-order valence-corrected chi connectivity index (χ3v) is 5.92. The molecule has 1 saturated heterocycles. The smallest absolute Gasteiger partial charge is 0.0409 e. The number of hydrogen-bond donors (Lipinski definition) is 1. The van der Waals surface area contributed by atoms with E-state index in [4.69, 9.17) is 11.6 Å². The van der Waals surface area contributed by atoms with Crippen LogP contribution in [0.2, 0.25) is 5.02 Å². The average Bonchev–Trinajstić information content (AvgIpc) is 2.94. The minimum atomic E-state index is 0.161. The molecular weight excluding hydrogens is 316 g/mol. The van der Waals surface area contributed by atoms with E-state index in [0.717, 1.165) is 31.1 Å². The summed E-state index contributed by atoms with van der Waals surface area (Å²) in [5, 5.41) is 4.39. The van der Waals surface area contributed by atoms with Gasteiger partial charge >= 0.3 is 0 Å². The van der Waals surface area contributed by atoms with Crippen LogP contribution in [0.1, 0.15) is 48.9 Å². The third kappa shape index (κ3) is 2.77. The van der Waals surface area contributed by atoms with E-state index in [1.54, 1.807) is 0 Å². The number of hydrogen-bond acceptors (Lipinski definition) is 2. The summed E-state index contributed by atoms with van der Waals surface area (Å²) in [7, 11) is 0. The van der Waals surface area contributed by atoms with Gasteiger partial charge in [-0.05, 0) is 49.1 Å². The fraction of sp³-hybridized carbons (Fsp3) is 0.429. The molecule has 2 aromatic rings. The van der Waals surface area contributed by atoms with Crippen LogP contribution in [0, 0.1) is 0 Å². The Morgan fingerprint density at radius 1 is 1.08 bits per heavy atom. The number of nitrogens with one attached hydrogen (secondary N) is 1. The van der Waals surface area contributed by atoms with Gasteiger partial charge in [-0.15, -0.1) is 0 Å². The van der Waals surface area contributed by atoms with Crippen molar-refractivity contribution in [2.45, 2.75) is 37.8 Å². The van der Waals surface area contributed by atoms with Crippen molar-refractivity contribution in [3.05, 3.63) is 70.2 Å². The summed E-state index contributed by atoms with van der Waals surface area (Å²) in [6.45, 7) is 7.88. The second-order valence-electron chi connectivity index (χ2n) is 7.67. The fourth-order valence-corrected chi connectivity index (χ4v) is 4.68. The van der Waals surface area contributed by atoms with Crippen LogP contribution in [0.15, 0.2) is 48.5 Å². The predicted molar refractivity (Wildman–Crippen MR) is 101 cm³/mol. The number of piperazine rings is 1. The summed E-state index contributed by atoms with van der Waals surface area (Å²) in [6.07, 6.45) is 1.14. The van der Waals surface area contributed by atoms with Gasteiger partial charge in [0.25, 0.3) is 0 Å². The van der Waals surface area contributed by atoms with Crippen molar-refractivity contribution in [2.24, 2.45) is 0 Å². The first-order valence-electron chi connectivity index (χ1n) is 8.88. The summed E-state index contributed by atoms with van der Waals surface area (Å²) in [5.41, 5.74) is 4.45. The molecular formula is C21H25ClN2. The quantitative estimate of drug-likeness (QED) is 0.859. The van der Waals surface area contributed by atoms with Gasteiger partial charge in [-0.2, -0.15) is 0 Å². The van der Waals surface area contributed by atoms with Gasteiger partial charge in [-0.25, -0.2) is 0 Å². The Morgan fingerprint density at radius 3 is 2.62 bits per heavy atom. The number of halogens is 1. The van der Waals surface area contributed by atoms with Crippen molar-refractivity contribution in [2.75, 3.05) is 19.6 Å². The number of fused-ring (bicyclic) bond motifs is 1. The molecule has 0 aromatic heterocycles. The van der Waals surface area contributed by atoms with Crippen LogP contribution >= 0.6 is 11.6 Å². The van der Waals surface area contributed by atoms with E-state index in [-0.39, 0.29) is 5.54 Å². The van der Waals surface area contributed by atoms with Crippen molar-refractivity contribution >= 4 is 11.6 Å². The molecule has 2 aliphatic rings. The van der Waals surface area contributed by atoms with Crippen LogP contribution in [0.5, 0.6) is 0 Å². The van der Waals surface area contributed by atoms with Gasteiger partial charge in [-0.3, -0.25) is 4.90 Å². The van der Waals surface area contributed by atoms with Gasteiger partial charge in [-0.1, -0.05) is 48.0 Å². The first-order valence-corrected chi connectivity index (χ1v) is 9.26. The number of nitrogens with zero attached hydrogens (tertiary/aromatic N) is 1. The predicted octanol–water partition coefficient (Wildman–Crippen LogP) is 4.60. The molecule has 24 heavy (non-hydrogen) atoms. The third-order valence-electron chi connectivity index (χ3n) is 5.68. The highest BCUT2D eigenvalue weighted by molar-refractivity contribution is 6.30. The van der Waals surface area contributed by atoms with Crippen molar-refractivity contribution in [1.82, 2.24) is 10.2 Å². The summed E-state index contributed by atoms with van der Waals surface area (Å²) in [6, 6.07) is 17.8. The topological polar surface area (TPSA) is 15.3 Å². The highest BCUT2D eigenvalue weighted by atomic mass is 35.5. The van der Waals surface area contributed by atoms with E-state index in [9.17, 15) is 0 Å². The normalized spacial score (nSPS) is 26.3. The number of benzene rings is 2. The van der Waals surface area contributed by atoms with E-state index in [0.29, 0.717) is 12.0 Å². The summed E-state index contributed by atoms with van der Waals surface area (Å²) >= 11 is 6.36. The van der Waals surface area contributed by atoms with Crippen LogP contribution in [0.3, 0.4) is 0 Å². The highest BCUT2D eigenvalue weighted by Crippen LogP contribution is 2.49. The van der Waals surface area contributed by atoms with E-state index in [1.165, 1.54) is 16.7 Å². The lowest BCUT2D eigenvalue weighted by Gasteiger charge is -2.46. The molecule has 1 aliphatic carbocycles. The van der Waals surface area contributed by atoms with Gasteiger partial charge < -0.3 is 5.32 Å². The van der Waals surface area contributed by atoms with Crippen LogP contribution in [-0.2, 0) is 0 Å². The van der Waals surface area contributed by atoms with Gasteiger partial charge in [0.2, 0.25) is 0 Å². The molecule has 0 unspecified atom stereocenters. The first kappa shape index (κ1) is 16.1. The summed E-state index contributed by atoms with van der Waals surface area (Å²) in [4.78, 5) is 2.68. The molecule has 4 rings (SSSR count). The Bertz CT molecular complexity index is 726. The van der Waals surface area contributed by atoms with Gasteiger partial charge in [0.1, 0.15) is 0 Å². The van der Waals surface area contributed by atoms with Crippen LogP contribution in [0.4, 0.5) is 0 Å². The largest absolute Gasteiger partial charge is 0.314 e. The molecule has 1 N–H and O–H groups in total. The first-order chi connectivity index (χ1) is 11.6. The lowest BCUT2D eigenvalue weighted by molar-refractivity contribution is 0.0435. The molecule has 2 aromatic carbocycles. The van der Waals surface area contributed by atoms with Crippen molar-refractivity contribution < 1.29 is 0 Å². The van der Waals surface area contributed by atoms with E-state index in [2.05, 4.69) is 66.5 Å². The summed E-state index contributed by atoms with van der Waals surface area (Å²) in [5.74, 6) is 0.467. The molecule has 0 bridgehead atoms. The molecule has 3 heteroatoms. The summed E-state index contributed by atoms with van der Waals surface area (Å²) < 4.78 is 0. The zero-order valence-corrected chi connectivity index (χ0v) is 15.2. The molecule has 0 saturated carbocycles. The molecule has 126 valence electrons. The van der Waals surface area contributed by atoms with Crippen molar-refractivity contribution in [3.8, 4) is 0 Å². The monoisotopic (exact) mass is 340 g/mol. The Morgan fingerprint density at radius 2 is 1.88 bits per heavy atom. The molecule has 0 radical (unpaired) electrons. The highest BCUT2D eigenvalue weighted by Gasteiger charge is 2.41. The maximum absolute atomic E-state index is 6.36. The molecule has 1 fully saturated rings. The Kier molecular flexibility index (Phi) is 4.16. The van der Waals surface area contributed by atoms with E-state index in [1.807, 2.05) is 6.07 Å². The minimum Gasteiger partial charge on any atom is -0.314 e. The van der Waals surface area contributed by atoms with Gasteiger partial charge in [0.05, 0.1) is 0 Å². The Hall–Kier alpha value is -1.35. The minimum absolute atomic E-state index is 0.161. The molecule has 2 nitrogen and oxygen atoms in total. The average molecular weight is 341 g/mol. The standard InChI is InChI=1S/C21H25ClN2/c1-21(2)14-23-10-11-24(21)20-13-18(15-6-4-3-5-7-15)17-9-8-16(22)12-19(17)20/h3-9,12,18,20,23H,10-11,13-14H2,1-2H3/t18-,20+/m0/s1. The van der Waals surface area contributed by atoms with Crippen LogP contribution in [-0.4, -0.2) is 30.1 Å². The second-order valence-corrected chi connectivity index (χ2v) is 8.11. The van der Waals surface area contributed by atoms with Gasteiger partial charge in [0, 0.05) is 42.2 Å². The Balaban J connectivity index is 1.76. The molecule has 0 spiro atoms. The van der Waals surface area contributed by atoms with Crippen molar-refractivity contribution in [3.63, 3.8) is 0 Å². The lowest BCUT2D eigenvalue weighted by Crippen LogP contribution is -2.58. The maximum Gasteiger partial charge on any atom is 0.0409 e. The molecule has 1 heterocycles. The SMILES string of the molecule is CC1(C)CNCCN1[C@@H]1C[C@@H](c2ccccc2)c2ccc(Cl)cc21.